The number of likely N-dealkylation sites (tertiary alicyclic amines) is 1. The molecular weight excluding hydrogens is 332 g/mol. The Kier molecular flexibility index (Phi) is 5.31. The van der Waals surface area contributed by atoms with Crippen molar-refractivity contribution < 1.29 is 14.5 Å². The monoisotopic (exact) mass is 352 g/mol. The molecule has 0 bridgehead atoms. The van der Waals surface area contributed by atoms with Crippen LogP contribution in [0.15, 0.2) is 54.6 Å². The number of nitrogens with zero attached hydrogens (tertiary/aromatic N) is 2. The third kappa shape index (κ3) is 3.91. The van der Waals surface area contributed by atoms with Crippen LogP contribution in [0.5, 0.6) is 5.75 Å². The molecule has 1 unspecified atom stereocenters. The summed E-state index contributed by atoms with van der Waals surface area (Å²) in [5.41, 5.74) is 1.69. The number of nitro groups is 1. The minimum atomic E-state index is -0.446. The molecular formula is C20H20N2O4. The van der Waals surface area contributed by atoms with Crippen molar-refractivity contribution >= 4 is 17.7 Å². The maximum Gasteiger partial charge on any atom is 0.270 e. The van der Waals surface area contributed by atoms with Gasteiger partial charge in [0.1, 0.15) is 5.75 Å². The van der Waals surface area contributed by atoms with Crippen LogP contribution in [0.3, 0.4) is 0 Å². The zero-order chi connectivity index (χ0) is 18.5. The predicted molar refractivity (Wildman–Crippen MR) is 98.8 cm³/mol. The van der Waals surface area contributed by atoms with Gasteiger partial charge in [0.25, 0.3) is 5.69 Å². The van der Waals surface area contributed by atoms with E-state index in [4.69, 9.17) is 4.74 Å². The fourth-order valence-corrected chi connectivity index (χ4v) is 3.23. The van der Waals surface area contributed by atoms with E-state index in [1.807, 2.05) is 29.2 Å². The van der Waals surface area contributed by atoms with Crippen LogP contribution in [0.4, 0.5) is 5.69 Å². The maximum absolute atomic E-state index is 12.6. The lowest BCUT2D eigenvalue weighted by Crippen LogP contribution is -2.28. The molecule has 26 heavy (non-hydrogen) atoms. The summed E-state index contributed by atoms with van der Waals surface area (Å²) in [5.74, 6) is 0.677. The van der Waals surface area contributed by atoms with Crippen LogP contribution in [0.1, 0.15) is 30.0 Å². The zero-order valence-electron chi connectivity index (χ0n) is 14.5. The molecule has 0 spiro atoms. The molecule has 6 heteroatoms. The molecule has 6 nitrogen and oxygen atoms in total. The number of benzene rings is 2. The van der Waals surface area contributed by atoms with Crippen LogP contribution < -0.4 is 4.74 Å². The van der Waals surface area contributed by atoms with E-state index in [2.05, 4.69) is 0 Å². The minimum absolute atomic E-state index is 0.00929. The number of nitro benzene ring substituents is 1. The highest BCUT2D eigenvalue weighted by Crippen LogP contribution is 2.33. The van der Waals surface area contributed by atoms with Crippen LogP contribution in [0.25, 0.3) is 6.08 Å². The van der Waals surface area contributed by atoms with Crippen LogP contribution in [-0.2, 0) is 4.79 Å². The molecule has 1 aliphatic heterocycles. The van der Waals surface area contributed by atoms with Gasteiger partial charge in [0, 0.05) is 24.8 Å². The normalized spacial score (nSPS) is 16.8. The first-order valence-electron chi connectivity index (χ1n) is 8.45. The second-order valence-corrected chi connectivity index (χ2v) is 6.15. The number of hydrogen-bond donors (Lipinski definition) is 0. The first-order chi connectivity index (χ1) is 12.6. The lowest BCUT2D eigenvalue weighted by Gasteiger charge is -2.24. The largest absolute Gasteiger partial charge is 0.497 e. The van der Waals surface area contributed by atoms with Gasteiger partial charge in [0.2, 0.25) is 5.91 Å². The molecule has 1 saturated heterocycles. The summed E-state index contributed by atoms with van der Waals surface area (Å²) in [6.07, 6.45) is 4.95. The van der Waals surface area contributed by atoms with Crippen molar-refractivity contribution in [2.45, 2.75) is 18.9 Å². The Morgan fingerprint density at radius 3 is 2.85 bits per heavy atom. The molecule has 134 valence electrons. The molecule has 3 rings (SSSR count). The summed E-state index contributed by atoms with van der Waals surface area (Å²) in [6.45, 7) is 0.694. The summed E-state index contributed by atoms with van der Waals surface area (Å²) >= 11 is 0. The van der Waals surface area contributed by atoms with E-state index < -0.39 is 4.92 Å². The molecule has 0 saturated carbocycles. The lowest BCUT2D eigenvalue weighted by atomic mass is 10.0. The van der Waals surface area contributed by atoms with E-state index in [9.17, 15) is 14.9 Å². The Morgan fingerprint density at radius 1 is 1.27 bits per heavy atom. The molecule has 1 fully saturated rings. The van der Waals surface area contributed by atoms with Crippen molar-refractivity contribution in [3.63, 3.8) is 0 Å². The highest BCUT2D eigenvalue weighted by atomic mass is 16.6. The molecule has 0 radical (unpaired) electrons. The summed E-state index contributed by atoms with van der Waals surface area (Å²) in [5, 5.41) is 10.8. The van der Waals surface area contributed by atoms with Gasteiger partial charge < -0.3 is 9.64 Å². The summed E-state index contributed by atoms with van der Waals surface area (Å²) in [7, 11) is 1.62. The van der Waals surface area contributed by atoms with Gasteiger partial charge in [0.15, 0.2) is 0 Å². The Hall–Kier alpha value is -3.15. The molecule has 1 amide bonds. The number of methoxy groups -OCH3 is 1. The van der Waals surface area contributed by atoms with E-state index in [1.54, 1.807) is 25.3 Å². The summed E-state index contributed by atoms with van der Waals surface area (Å²) < 4.78 is 5.27. The zero-order valence-corrected chi connectivity index (χ0v) is 14.5. The number of amides is 1. The van der Waals surface area contributed by atoms with E-state index in [1.165, 1.54) is 18.2 Å². The first-order valence-corrected chi connectivity index (χ1v) is 8.45. The van der Waals surface area contributed by atoms with Crippen LogP contribution in [0, 0.1) is 10.1 Å². The Morgan fingerprint density at radius 2 is 2.08 bits per heavy atom. The predicted octanol–water partition coefficient (Wildman–Crippen LogP) is 3.98. The Bertz CT molecular complexity index is 847. The van der Waals surface area contributed by atoms with Crippen molar-refractivity contribution in [1.82, 2.24) is 4.90 Å². The first kappa shape index (κ1) is 17.7. The van der Waals surface area contributed by atoms with E-state index in [0.717, 1.165) is 24.2 Å². The SMILES string of the molecule is COc1cccc(C2CCCN2C(=O)/C=C/c2cccc([N+](=O)[O-])c2)c1. The van der Waals surface area contributed by atoms with E-state index >= 15 is 0 Å². The van der Waals surface area contributed by atoms with Gasteiger partial charge in [-0.25, -0.2) is 0 Å². The third-order valence-electron chi connectivity index (χ3n) is 4.51. The third-order valence-corrected chi connectivity index (χ3v) is 4.51. The van der Waals surface area contributed by atoms with Crippen molar-refractivity contribution in [3.05, 3.63) is 75.8 Å². The highest BCUT2D eigenvalue weighted by molar-refractivity contribution is 5.92. The van der Waals surface area contributed by atoms with Gasteiger partial charge >= 0.3 is 0 Å². The topological polar surface area (TPSA) is 72.7 Å². The molecule has 0 aliphatic carbocycles. The van der Waals surface area contributed by atoms with Crippen molar-refractivity contribution in [1.29, 1.82) is 0 Å². The standard InChI is InChI=1S/C20H20N2O4/c1-26-18-8-3-6-16(14-18)19-9-4-12-21(19)20(23)11-10-15-5-2-7-17(13-15)22(24)25/h2-3,5-8,10-11,13-14,19H,4,9,12H2,1H3/b11-10+. The van der Waals surface area contributed by atoms with Crippen molar-refractivity contribution in [3.8, 4) is 5.75 Å². The number of carbonyl (C=O) groups is 1. The molecule has 1 atom stereocenters. The van der Waals surface area contributed by atoms with Gasteiger partial charge in [-0.3, -0.25) is 14.9 Å². The van der Waals surface area contributed by atoms with Gasteiger partial charge in [-0.1, -0.05) is 24.3 Å². The van der Waals surface area contributed by atoms with Crippen LogP contribution in [-0.4, -0.2) is 29.4 Å². The lowest BCUT2D eigenvalue weighted by molar-refractivity contribution is -0.384. The van der Waals surface area contributed by atoms with Crippen LogP contribution in [0.2, 0.25) is 0 Å². The average molecular weight is 352 g/mol. The minimum Gasteiger partial charge on any atom is -0.497 e. The van der Waals surface area contributed by atoms with E-state index in [0.29, 0.717) is 12.1 Å². The second kappa shape index (κ2) is 7.82. The number of hydrogen-bond acceptors (Lipinski definition) is 4. The smallest absolute Gasteiger partial charge is 0.270 e. The Balaban J connectivity index is 1.76. The van der Waals surface area contributed by atoms with Gasteiger partial charge in [0.05, 0.1) is 18.1 Å². The molecule has 0 aromatic heterocycles. The maximum atomic E-state index is 12.6. The Labute approximate surface area is 151 Å². The fourth-order valence-electron chi connectivity index (χ4n) is 3.23. The van der Waals surface area contributed by atoms with E-state index in [-0.39, 0.29) is 17.6 Å². The summed E-state index contributed by atoms with van der Waals surface area (Å²) in [6, 6.07) is 14.0. The number of rotatable bonds is 5. The van der Waals surface area contributed by atoms with Crippen molar-refractivity contribution in [2.75, 3.05) is 13.7 Å². The van der Waals surface area contributed by atoms with Crippen molar-refractivity contribution in [2.24, 2.45) is 0 Å². The molecule has 2 aromatic rings. The number of ether oxygens (including phenoxy) is 1. The quantitative estimate of drug-likeness (QED) is 0.463. The van der Waals surface area contributed by atoms with Gasteiger partial charge in [-0.15, -0.1) is 0 Å². The van der Waals surface area contributed by atoms with Gasteiger partial charge in [-0.2, -0.15) is 0 Å². The number of carbonyl (C=O) groups excluding carboxylic acids is 1. The summed E-state index contributed by atoms with van der Waals surface area (Å²) in [4.78, 5) is 24.9. The van der Waals surface area contributed by atoms with Gasteiger partial charge in [-0.05, 0) is 42.2 Å². The molecule has 1 heterocycles. The molecule has 2 aromatic carbocycles. The molecule has 1 aliphatic rings. The fraction of sp³-hybridized carbons (Fsp3) is 0.250. The highest BCUT2D eigenvalue weighted by Gasteiger charge is 2.28. The van der Waals surface area contributed by atoms with Crippen LogP contribution >= 0.6 is 0 Å². The number of non-ortho nitro benzene ring substituents is 1. The second-order valence-electron chi connectivity index (χ2n) is 6.15. The molecule has 0 N–H and O–H groups in total. The average Bonchev–Trinajstić information content (AvgIpc) is 3.16.